The number of rotatable bonds is 4. The monoisotopic (exact) mass is 324 g/mol. The molecule has 1 aliphatic rings. The maximum Gasteiger partial charge on any atom is 0.321 e. The van der Waals surface area contributed by atoms with Crippen molar-refractivity contribution in [3.8, 4) is 5.75 Å². The Hall–Kier alpha value is -2.82. The van der Waals surface area contributed by atoms with Crippen LogP contribution in [-0.4, -0.2) is 35.4 Å². The van der Waals surface area contributed by atoms with Crippen LogP contribution in [0.15, 0.2) is 54.6 Å². The van der Waals surface area contributed by atoms with Gasteiger partial charge < -0.3 is 20.1 Å². The van der Waals surface area contributed by atoms with E-state index in [4.69, 9.17) is 0 Å². The van der Waals surface area contributed by atoms with Crippen molar-refractivity contribution in [2.24, 2.45) is 5.92 Å². The molecule has 2 atom stereocenters. The molecule has 0 unspecified atom stereocenters. The Bertz CT molecular complexity index is 718. The number of hydrogen-bond acceptors (Lipinski definition) is 3. The lowest BCUT2D eigenvalue weighted by molar-refractivity contribution is -0.108. The molecule has 0 radical (unpaired) electrons. The fourth-order valence-electron chi connectivity index (χ4n) is 3.28. The molecule has 124 valence electrons. The van der Waals surface area contributed by atoms with Gasteiger partial charge in [-0.3, -0.25) is 0 Å². The van der Waals surface area contributed by atoms with Crippen LogP contribution in [0.3, 0.4) is 0 Å². The van der Waals surface area contributed by atoms with E-state index in [1.165, 1.54) is 0 Å². The lowest BCUT2D eigenvalue weighted by Gasteiger charge is -2.18. The van der Waals surface area contributed by atoms with E-state index in [-0.39, 0.29) is 23.6 Å². The summed E-state index contributed by atoms with van der Waals surface area (Å²) in [6.07, 6.45) is 1.25. The minimum Gasteiger partial charge on any atom is -0.508 e. The number of para-hydroxylation sites is 2. The highest BCUT2D eigenvalue weighted by Crippen LogP contribution is 2.38. The Labute approximate surface area is 140 Å². The number of nitrogens with zero attached hydrogens (tertiary/aromatic N) is 1. The van der Waals surface area contributed by atoms with E-state index < -0.39 is 0 Å². The number of hydrogen-bond donors (Lipinski definition) is 2. The molecule has 2 amide bonds. The number of phenolic OH excluding ortho intramolecular Hbond substituents is 1. The number of carbonyl (C=O) groups excluding carboxylic acids is 2. The summed E-state index contributed by atoms with van der Waals surface area (Å²) in [6.45, 7) is 0.977. The standard InChI is InChI=1S/C19H20N2O3/c22-11-10-14-12-21(19(24)20-15-6-2-1-3-7-15)13-17(14)16-8-4-5-9-18(16)23/h1-9,11,14,17,23H,10,12-13H2,(H,20,24)/t14-,17+/m1/s1. The van der Waals surface area contributed by atoms with Gasteiger partial charge in [0.1, 0.15) is 12.0 Å². The highest BCUT2D eigenvalue weighted by molar-refractivity contribution is 5.89. The van der Waals surface area contributed by atoms with Crippen molar-refractivity contribution in [3.63, 3.8) is 0 Å². The van der Waals surface area contributed by atoms with Crippen molar-refractivity contribution >= 4 is 18.0 Å². The molecule has 0 aliphatic carbocycles. The summed E-state index contributed by atoms with van der Waals surface area (Å²) in [6, 6.07) is 16.2. The van der Waals surface area contributed by atoms with Gasteiger partial charge in [-0.25, -0.2) is 4.79 Å². The van der Waals surface area contributed by atoms with E-state index >= 15 is 0 Å². The normalized spacial score (nSPS) is 19.9. The third kappa shape index (κ3) is 3.40. The zero-order valence-corrected chi connectivity index (χ0v) is 13.3. The SMILES string of the molecule is O=CC[C@@H]1CN(C(=O)Nc2ccccc2)C[C@@H]1c1ccccc1O. The quantitative estimate of drug-likeness (QED) is 0.848. The number of phenols is 1. The first-order chi connectivity index (χ1) is 11.7. The number of amides is 2. The van der Waals surface area contributed by atoms with Crippen LogP contribution in [0.25, 0.3) is 0 Å². The smallest absolute Gasteiger partial charge is 0.321 e. The van der Waals surface area contributed by atoms with E-state index in [1.807, 2.05) is 42.5 Å². The third-order valence-electron chi connectivity index (χ3n) is 4.49. The molecule has 5 nitrogen and oxygen atoms in total. The molecule has 0 spiro atoms. The maximum atomic E-state index is 12.5. The van der Waals surface area contributed by atoms with Crippen LogP contribution >= 0.6 is 0 Å². The fraction of sp³-hybridized carbons (Fsp3) is 0.263. The molecule has 1 aliphatic heterocycles. The lowest BCUT2D eigenvalue weighted by atomic mass is 9.87. The molecule has 5 heteroatoms. The molecule has 1 saturated heterocycles. The van der Waals surface area contributed by atoms with Gasteiger partial charge >= 0.3 is 6.03 Å². The summed E-state index contributed by atoms with van der Waals surface area (Å²) in [7, 11) is 0. The first-order valence-corrected chi connectivity index (χ1v) is 8.01. The van der Waals surface area contributed by atoms with Crippen molar-refractivity contribution in [2.45, 2.75) is 12.3 Å². The van der Waals surface area contributed by atoms with Crippen LogP contribution in [0.1, 0.15) is 17.9 Å². The number of urea groups is 1. The summed E-state index contributed by atoms with van der Waals surface area (Å²) in [5, 5.41) is 13.0. The molecular weight excluding hydrogens is 304 g/mol. The number of carbonyl (C=O) groups is 2. The van der Waals surface area contributed by atoms with Gasteiger partial charge in [0.2, 0.25) is 0 Å². The molecular formula is C19H20N2O3. The maximum absolute atomic E-state index is 12.5. The number of aldehydes is 1. The predicted octanol–water partition coefficient (Wildman–Crippen LogP) is 3.23. The average Bonchev–Trinajstić information content (AvgIpc) is 3.00. The van der Waals surface area contributed by atoms with Gasteiger partial charge in [0.15, 0.2) is 0 Å². The molecule has 2 aromatic rings. The van der Waals surface area contributed by atoms with E-state index in [9.17, 15) is 14.7 Å². The number of benzene rings is 2. The summed E-state index contributed by atoms with van der Waals surface area (Å²) in [5.74, 6) is 0.180. The largest absolute Gasteiger partial charge is 0.508 e. The predicted molar refractivity (Wildman–Crippen MR) is 92.1 cm³/mol. The van der Waals surface area contributed by atoms with Gasteiger partial charge in [-0.15, -0.1) is 0 Å². The van der Waals surface area contributed by atoms with Gasteiger partial charge in [-0.2, -0.15) is 0 Å². The third-order valence-corrected chi connectivity index (χ3v) is 4.49. The Morgan fingerprint density at radius 3 is 2.54 bits per heavy atom. The molecule has 2 N–H and O–H groups in total. The van der Waals surface area contributed by atoms with E-state index in [2.05, 4.69) is 5.32 Å². The Morgan fingerprint density at radius 1 is 1.12 bits per heavy atom. The zero-order valence-electron chi connectivity index (χ0n) is 13.3. The van der Waals surface area contributed by atoms with Crippen LogP contribution in [0, 0.1) is 5.92 Å². The first-order valence-electron chi connectivity index (χ1n) is 8.01. The number of likely N-dealkylation sites (tertiary alicyclic amines) is 1. The lowest BCUT2D eigenvalue weighted by Crippen LogP contribution is -2.33. The van der Waals surface area contributed by atoms with Crippen molar-refractivity contribution in [3.05, 3.63) is 60.2 Å². The van der Waals surface area contributed by atoms with Crippen LogP contribution in [0.2, 0.25) is 0 Å². The zero-order chi connectivity index (χ0) is 16.9. The molecule has 0 saturated carbocycles. The number of anilines is 1. The second-order valence-electron chi connectivity index (χ2n) is 6.03. The van der Waals surface area contributed by atoms with Crippen molar-refractivity contribution in [1.82, 2.24) is 4.90 Å². The summed E-state index contributed by atoms with van der Waals surface area (Å²) < 4.78 is 0. The molecule has 0 bridgehead atoms. The fourth-order valence-corrected chi connectivity index (χ4v) is 3.28. The second-order valence-corrected chi connectivity index (χ2v) is 6.03. The first kappa shape index (κ1) is 16.1. The summed E-state index contributed by atoms with van der Waals surface area (Å²) >= 11 is 0. The van der Waals surface area contributed by atoms with Crippen LogP contribution in [0.4, 0.5) is 10.5 Å². The Morgan fingerprint density at radius 2 is 1.83 bits per heavy atom. The summed E-state index contributed by atoms with van der Waals surface area (Å²) in [5.41, 5.74) is 1.53. The Kier molecular flexibility index (Phi) is 4.79. The average molecular weight is 324 g/mol. The van der Waals surface area contributed by atoms with Crippen LogP contribution in [0.5, 0.6) is 5.75 Å². The molecule has 2 aromatic carbocycles. The molecule has 1 fully saturated rings. The minimum atomic E-state index is -0.185. The topological polar surface area (TPSA) is 69.6 Å². The number of aromatic hydroxyl groups is 1. The van der Waals surface area contributed by atoms with Crippen LogP contribution < -0.4 is 5.32 Å². The van der Waals surface area contributed by atoms with Crippen molar-refractivity contribution in [1.29, 1.82) is 0 Å². The molecule has 3 rings (SSSR count). The minimum absolute atomic E-state index is 0.0114. The van der Waals surface area contributed by atoms with Crippen LogP contribution in [-0.2, 0) is 4.79 Å². The van der Waals surface area contributed by atoms with E-state index in [0.717, 1.165) is 17.5 Å². The van der Waals surface area contributed by atoms with E-state index in [1.54, 1.807) is 17.0 Å². The highest BCUT2D eigenvalue weighted by atomic mass is 16.3. The van der Waals surface area contributed by atoms with Gasteiger partial charge in [0, 0.05) is 31.1 Å². The van der Waals surface area contributed by atoms with Gasteiger partial charge in [0.05, 0.1) is 0 Å². The van der Waals surface area contributed by atoms with Crippen molar-refractivity contribution in [2.75, 3.05) is 18.4 Å². The molecule has 24 heavy (non-hydrogen) atoms. The number of nitrogens with one attached hydrogen (secondary N) is 1. The second kappa shape index (κ2) is 7.17. The van der Waals surface area contributed by atoms with E-state index in [0.29, 0.717) is 19.5 Å². The van der Waals surface area contributed by atoms with Gasteiger partial charge in [0.25, 0.3) is 0 Å². The highest BCUT2D eigenvalue weighted by Gasteiger charge is 2.37. The van der Waals surface area contributed by atoms with Crippen molar-refractivity contribution < 1.29 is 14.7 Å². The molecule has 0 aromatic heterocycles. The van der Waals surface area contributed by atoms with Gasteiger partial charge in [-0.1, -0.05) is 36.4 Å². The van der Waals surface area contributed by atoms with Gasteiger partial charge in [-0.05, 0) is 29.7 Å². The summed E-state index contributed by atoms with van der Waals surface area (Å²) in [4.78, 5) is 25.2. The Balaban J connectivity index is 1.76. The molecule has 1 heterocycles.